The number of nitrogens with one attached hydrogen (secondary N) is 1. The Morgan fingerprint density at radius 3 is 2.40 bits per heavy atom. The lowest BCUT2D eigenvalue weighted by Crippen LogP contribution is -2.13. The van der Waals surface area contributed by atoms with E-state index < -0.39 is 11.7 Å². The summed E-state index contributed by atoms with van der Waals surface area (Å²) in [4.78, 5) is 11.1. The highest BCUT2D eigenvalue weighted by atomic mass is 19.1. The van der Waals surface area contributed by atoms with Crippen molar-refractivity contribution in [2.75, 3.05) is 5.32 Å². The molecular weight excluding hydrogens is 255 g/mol. The lowest BCUT2D eigenvalue weighted by atomic mass is 10.1. The zero-order valence-electron chi connectivity index (χ0n) is 11.3. The second-order valence-electron chi connectivity index (χ2n) is 4.58. The maximum Gasteiger partial charge on any atom is 0.251 e. The molecule has 0 aliphatic heterocycles. The summed E-state index contributed by atoms with van der Waals surface area (Å²) in [7, 11) is 0. The van der Waals surface area contributed by atoms with Crippen molar-refractivity contribution in [2.24, 2.45) is 5.73 Å². The van der Waals surface area contributed by atoms with Gasteiger partial charge in [0, 0.05) is 12.2 Å². The van der Waals surface area contributed by atoms with Gasteiger partial charge in [0.1, 0.15) is 5.82 Å². The minimum absolute atomic E-state index is 0.101. The fourth-order valence-electron chi connectivity index (χ4n) is 1.92. The van der Waals surface area contributed by atoms with Crippen LogP contribution in [0.5, 0.6) is 0 Å². The zero-order valence-corrected chi connectivity index (χ0v) is 11.3. The molecule has 20 heavy (non-hydrogen) atoms. The minimum atomic E-state index is -0.765. The van der Waals surface area contributed by atoms with Gasteiger partial charge in [0.25, 0.3) is 5.91 Å². The van der Waals surface area contributed by atoms with Gasteiger partial charge in [0.15, 0.2) is 0 Å². The van der Waals surface area contributed by atoms with Gasteiger partial charge in [0.2, 0.25) is 0 Å². The number of benzene rings is 2. The second kappa shape index (κ2) is 6.19. The summed E-state index contributed by atoms with van der Waals surface area (Å²) in [5.74, 6) is -1.37. The molecule has 0 atom stereocenters. The third-order valence-corrected chi connectivity index (χ3v) is 3.16. The van der Waals surface area contributed by atoms with Gasteiger partial charge in [-0.05, 0) is 35.7 Å². The van der Waals surface area contributed by atoms with Crippen molar-refractivity contribution in [1.82, 2.24) is 0 Å². The number of anilines is 1. The quantitative estimate of drug-likeness (QED) is 0.878. The number of carbonyl (C=O) groups is 1. The number of rotatable bonds is 5. The second-order valence-corrected chi connectivity index (χ2v) is 4.58. The van der Waals surface area contributed by atoms with Crippen LogP contribution in [0.1, 0.15) is 28.4 Å². The Morgan fingerprint density at radius 1 is 1.15 bits per heavy atom. The molecule has 0 radical (unpaired) electrons. The topological polar surface area (TPSA) is 55.1 Å². The summed E-state index contributed by atoms with van der Waals surface area (Å²) in [5, 5.41) is 3.15. The Balaban J connectivity index is 2.06. The molecule has 4 heteroatoms. The molecule has 104 valence electrons. The Morgan fingerprint density at radius 2 is 1.80 bits per heavy atom. The van der Waals surface area contributed by atoms with E-state index in [1.165, 1.54) is 17.7 Å². The van der Waals surface area contributed by atoms with E-state index in [4.69, 9.17) is 5.73 Å². The van der Waals surface area contributed by atoms with E-state index in [1.54, 1.807) is 6.07 Å². The number of primary amides is 1. The number of carbonyl (C=O) groups excluding carboxylic acids is 1. The van der Waals surface area contributed by atoms with Gasteiger partial charge in [-0.3, -0.25) is 4.79 Å². The number of nitrogens with two attached hydrogens (primary N) is 1. The number of hydrogen-bond donors (Lipinski definition) is 2. The molecule has 0 aliphatic carbocycles. The van der Waals surface area contributed by atoms with Gasteiger partial charge in [-0.2, -0.15) is 0 Å². The fraction of sp³-hybridized carbons (Fsp3) is 0.188. The van der Waals surface area contributed by atoms with Gasteiger partial charge in [-0.15, -0.1) is 0 Å². The minimum Gasteiger partial charge on any atom is -0.381 e. The predicted molar refractivity (Wildman–Crippen MR) is 78.1 cm³/mol. The summed E-state index contributed by atoms with van der Waals surface area (Å²) in [6.07, 6.45) is 1.01. The lowest BCUT2D eigenvalue weighted by Gasteiger charge is -2.08. The van der Waals surface area contributed by atoms with Gasteiger partial charge in [0.05, 0.1) is 5.56 Å². The highest BCUT2D eigenvalue weighted by molar-refractivity contribution is 5.94. The van der Waals surface area contributed by atoms with E-state index in [0.29, 0.717) is 12.2 Å². The Bertz CT molecular complexity index is 608. The molecule has 0 saturated heterocycles. The normalized spacial score (nSPS) is 10.3. The van der Waals surface area contributed by atoms with Gasteiger partial charge in [-0.1, -0.05) is 31.2 Å². The van der Waals surface area contributed by atoms with Crippen molar-refractivity contribution < 1.29 is 9.18 Å². The first kappa shape index (κ1) is 14.1. The van der Waals surface area contributed by atoms with Crippen LogP contribution in [-0.4, -0.2) is 5.91 Å². The van der Waals surface area contributed by atoms with E-state index in [2.05, 4.69) is 24.4 Å². The van der Waals surface area contributed by atoms with Crippen LogP contribution in [0.3, 0.4) is 0 Å². The molecule has 0 heterocycles. The molecule has 2 aromatic rings. The Hall–Kier alpha value is -2.36. The molecule has 1 amide bonds. The van der Waals surface area contributed by atoms with Crippen LogP contribution < -0.4 is 11.1 Å². The molecule has 2 aromatic carbocycles. The van der Waals surface area contributed by atoms with Crippen LogP contribution >= 0.6 is 0 Å². The van der Waals surface area contributed by atoms with Crippen LogP contribution in [0.4, 0.5) is 10.1 Å². The number of aryl methyl sites for hydroxylation is 1. The molecule has 0 spiro atoms. The molecule has 3 N–H and O–H groups in total. The van der Waals surface area contributed by atoms with Crippen LogP contribution in [0.25, 0.3) is 0 Å². The summed E-state index contributed by atoms with van der Waals surface area (Å²) in [6, 6.07) is 12.5. The third-order valence-electron chi connectivity index (χ3n) is 3.16. The average Bonchev–Trinajstić information content (AvgIpc) is 2.46. The summed E-state index contributed by atoms with van der Waals surface area (Å²) < 4.78 is 13.3. The standard InChI is InChI=1S/C16H17FN2O/c1-2-11-3-5-12(6-4-11)10-19-13-7-8-15(17)14(9-13)16(18)20/h3-9,19H,2,10H2,1H3,(H2,18,20). The molecule has 0 aromatic heterocycles. The number of hydrogen-bond acceptors (Lipinski definition) is 2. The smallest absolute Gasteiger partial charge is 0.251 e. The molecule has 2 rings (SSSR count). The highest BCUT2D eigenvalue weighted by Crippen LogP contribution is 2.15. The first-order valence-corrected chi connectivity index (χ1v) is 6.51. The predicted octanol–water partition coefficient (Wildman–Crippen LogP) is 3.10. The van der Waals surface area contributed by atoms with Crippen LogP contribution in [0, 0.1) is 5.82 Å². The molecule has 0 unspecified atom stereocenters. The van der Waals surface area contributed by atoms with E-state index in [-0.39, 0.29) is 5.56 Å². The van der Waals surface area contributed by atoms with Crippen LogP contribution in [0.2, 0.25) is 0 Å². The first-order chi connectivity index (χ1) is 9.60. The van der Waals surface area contributed by atoms with Crippen LogP contribution in [-0.2, 0) is 13.0 Å². The highest BCUT2D eigenvalue weighted by Gasteiger charge is 2.08. The number of halogens is 1. The summed E-state index contributed by atoms with van der Waals surface area (Å²) in [5.41, 5.74) is 8.08. The monoisotopic (exact) mass is 272 g/mol. The Kier molecular flexibility index (Phi) is 4.35. The van der Waals surface area contributed by atoms with Gasteiger partial charge < -0.3 is 11.1 Å². The first-order valence-electron chi connectivity index (χ1n) is 6.51. The van der Waals surface area contributed by atoms with Crippen molar-refractivity contribution >= 4 is 11.6 Å². The molecule has 0 bridgehead atoms. The van der Waals surface area contributed by atoms with Crippen LogP contribution in [0.15, 0.2) is 42.5 Å². The Labute approximate surface area is 117 Å². The van der Waals surface area contributed by atoms with E-state index in [0.717, 1.165) is 12.0 Å². The maximum atomic E-state index is 13.3. The SMILES string of the molecule is CCc1ccc(CNc2ccc(F)c(C(N)=O)c2)cc1. The van der Waals surface area contributed by atoms with Gasteiger partial charge in [-0.25, -0.2) is 4.39 Å². The van der Waals surface area contributed by atoms with Crippen molar-refractivity contribution in [3.05, 3.63) is 65.0 Å². The summed E-state index contributed by atoms with van der Waals surface area (Å²) >= 11 is 0. The zero-order chi connectivity index (χ0) is 14.5. The molecule has 3 nitrogen and oxygen atoms in total. The van der Waals surface area contributed by atoms with Gasteiger partial charge >= 0.3 is 0 Å². The van der Waals surface area contributed by atoms with Crippen molar-refractivity contribution in [1.29, 1.82) is 0 Å². The molecular formula is C16H17FN2O. The molecule has 0 aliphatic rings. The van der Waals surface area contributed by atoms with Crippen molar-refractivity contribution in [2.45, 2.75) is 19.9 Å². The largest absolute Gasteiger partial charge is 0.381 e. The number of amides is 1. The fourth-order valence-corrected chi connectivity index (χ4v) is 1.92. The van der Waals surface area contributed by atoms with E-state index in [1.807, 2.05) is 12.1 Å². The maximum absolute atomic E-state index is 13.3. The van der Waals surface area contributed by atoms with Crippen molar-refractivity contribution in [3.8, 4) is 0 Å². The summed E-state index contributed by atoms with van der Waals surface area (Å²) in [6.45, 7) is 2.71. The molecule has 0 saturated carbocycles. The lowest BCUT2D eigenvalue weighted by molar-refractivity contribution is 0.0996. The third kappa shape index (κ3) is 3.35. The van der Waals surface area contributed by atoms with E-state index in [9.17, 15) is 9.18 Å². The van der Waals surface area contributed by atoms with E-state index >= 15 is 0 Å². The average molecular weight is 272 g/mol. The van der Waals surface area contributed by atoms with Crippen molar-refractivity contribution in [3.63, 3.8) is 0 Å². The molecule has 0 fully saturated rings.